The van der Waals surface area contributed by atoms with Crippen LogP contribution in [0.3, 0.4) is 0 Å². The lowest BCUT2D eigenvalue weighted by molar-refractivity contribution is 0.338. The molecule has 0 spiro atoms. The van der Waals surface area contributed by atoms with Crippen molar-refractivity contribution in [1.29, 1.82) is 0 Å². The van der Waals surface area contributed by atoms with Crippen molar-refractivity contribution in [2.75, 3.05) is 0 Å². The quantitative estimate of drug-likeness (QED) is 0.439. The van der Waals surface area contributed by atoms with Crippen LogP contribution in [-0.4, -0.2) is 16.4 Å². The summed E-state index contributed by atoms with van der Waals surface area (Å²) in [4.78, 5) is 16.7. The van der Waals surface area contributed by atoms with Crippen molar-refractivity contribution < 1.29 is 9.23 Å². The van der Waals surface area contributed by atoms with Gasteiger partial charge < -0.3 is 4.84 Å². The lowest BCUT2D eigenvalue weighted by Crippen LogP contribution is -1.94. The van der Waals surface area contributed by atoms with Crippen LogP contribution in [0.25, 0.3) is 22.4 Å². The Morgan fingerprint density at radius 1 is 1.08 bits per heavy atom. The molecule has 1 aromatic carbocycles. The first-order valence-corrected chi connectivity index (χ1v) is 7.32. The van der Waals surface area contributed by atoms with E-state index in [2.05, 4.69) is 19.8 Å². The number of pyridine rings is 2. The van der Waals surface area contributed by atoms with Crippen LogP contribution in [-0.2, 0) is 4.84 Å². The summed E-state index contributed by atoms with van der Waals surface area (Å²) in [6.45, 7) is 0. The van der Waals surface area contributed by atoms with E-state index in [4.69, 9.17) is 17.5 Å². The summed E-state index contributed by atoms with van der Waals surface area (Å²) in [5.41, 5.74) is 2.31. The molecule has 2 N–H and O–H groups in total. The van der Waals surface area contributed by atoms with E-state index in [1.54, 1.807) is 36.7 Å². The number of nitrogens with zero attached hydrogens (tertiary/aromatic N) is 3. The number of halogens is 2. The summed E-state index contributed by atoms with van der Waals surface area (Å²) >= 11 is 6.00. The first-order valence-electron chi connectivity index (χ1n) is 6.94. The maximum atomic E-state index is 14.2. The molecule has 0 saturated carbocycles. The predicted molar refractivity (Wildman–Crippen MR) is 91.3 cm³/mol. The van der Waals surface area contributed by atoms with E-state index in [9.17, 15) is 4.39 Å². The smallest absolute Gasteiger partial charge is 0.202 e. The van der Waals surface area contributed by atoms with Gasteiger partial charge in [-0.3, -0.25) is 4.98 Å². The SMILES string of the molecule is NOC=Nc1cc(-c2cccnc2-c2cc(Cl)ccc2F)ccn1. The summed E-state index contributed by atoms with van der Waals surface area (Å²) in [6, 6.07) is 11.5. The number of rotatable bonds is 4. The molecule has 2 aromatic heterocycles. The van der Waals surface area contributed by atoms with Gasteiger partial charge in [-0.2, -0.15) is 10.9 Å². The zero-order chi connectivity index (χ0) is 16.9. The average Bonchev–Trinajstić information content (AvgIpc) is 2.62. The molecule has 0 bridgehead atoms. The standard InChI is InChI=1S/C17H12ClFN4O/c18-12-3-4-15(19)14(9-12)17-13(2-1-6-22-17)11-5-7-21-16(8-11)23-10-24-20/h1-10H,20H2. The number of aliphatic imine (C=N–C) groups is 1. The van der Waals surface area contributed by atoms with Crippen molar-refractivity contribution in [2.24, 2.45) is 10.9 Å². The second-order valence-corrected chi connectivity index (χ2v) is 5.23. The fourth-order valence-electron chi connectivity index (χ4n) is 2.27. The van der Waals surface area contributed by atoms with Gasteiger partial charge in [0.25, 0.3) is 0 Å². The van der Waals surface area contributed by atoms with Crippen LogP contribution in [0, 0.1) is 5.82 Å². The van der Waals surface area contributed by atoms with Crippen LogP contribution in [0.1, 0.15) is 0 Å². The molecule has 0 atom stereocenters. The van der Waals surface area contributed by atoms with E-state index in [0.717, 1.165) is 17.5 Å². The molecule has 24 heavy (non-hydrogen) atoms. The lowest BCUT2D eigenvalue weighted by Gasteiger charge is -2.10. The minimum atomic E-state index is -0.400. The molecule has 0 saturated heterocycles. The fourth-order valence-corrected chi connectivity index (χ4v) is 2.44. The van der Waals surface area contributed by atoms with Crippen molar-refractivity contribution in [3.05, 3.63) is 65.7 Å². The summed E-state index contributed by atoms with van der Waals surface area (Å²) in [5.74, 6) is 4.92. The number of hydrogen-bond acceptors (Lipinski definition) is 5. The van der Waals surface area contributed by atoms with Gasteiger partial charge in [0.15, 0.2) is 5.82 Å². The van der Waals surface area contributed by atoms with Gasteiger partial charge in [0.2, 0.25) is 6.40 Å². The fraction of sp³-hybridized carbons (Fsp3) is 0. The van der Waals surface area contributed by atoms with Crippen molar-refractivity contribution in [3.63, 3.8) is 0 Å². The van der Waals surface area contributed by atoms with Crippen molar-refractivity contribution in [3.8, 4) is 22.4 Å². The predicted octanol–water partition coefficient (Wildman–Crippen LogP) is 4.15. The molecule has 0 unspecified atom stereocenters. The minimum Gasteiger partial charge on any atom is -0.399 e. The lowest BCUT2D eigenvalue weighted by atomic mass is 10.00. The van der Waals surface area contributed by atoms with Gasteiger partial charge in [0.05, 0.1) is 5.69 Å². The Kier molecular flexibility index (Phi) is 4.79. The van der Waals surface area contributed by atoms with Crippen LogP contribution < -0.4 is 5.90 Å². The normalized spacial score (nSPS) is 11.0. The largest absolute Gasteiger partial charge is 0.399 e. The van der Waals surface area contributed by atoms with E-state index >= 15 is 0 Å². The second kappa shape index (κ2) is 7.16. The molecule has 0 fully saturated rings. The van der Waals surface area contributed by atoms with E-state index in [1.807, 2.05) is 6.07 Å². The molecule has 2 heterocycles. The zero-order valence-corrected chi connectivity index (χ0v) is 13.1. The average molecular weight is 343 g/mol. The third kappa shape index (κ3) is 3.40. The molecule has 120 valence electrons. The highest BCUT2D eigenvalue weighted by molar-refractivity contribution is 6.30. The molecule has 0 amide bonds. The van der Waals surface area contributed by atoms with Gasteiger partial charge in [-0.25, -0.2) is 9.37 Å². The highest BCUT2D eigenvalue weighted by atomic mass is 35.5. The van der Waals surface area contributed by atoms with Gasteiger partial charge in [-0.05, 0) is 42.0 Å². The Hall–Kier alpha value is -2.83. The number of benzene rings is 1. The van der Waals surface area contributed by atoms with Gasteiger partial charge in [0.1, 0.15) is 5.82 Å². The first-order chi connectivity index (χ1) is 11.7. The van der Waals surface area contributed by atoms with Crippen molar-refractivity contribution in [2.45, 2.75) is 0 Å². The molecule has 0 aliphatic heterocycles. The Bertz CT molecular complexity index is 901. The Balaban J connectivity index is 2.14. The highest BCUT2D eigenvalue weighted by Gasteiger charge is 2.13. The monoisotopic (exact) mass is 342 g/mol. The second-order valence-electron chi connectivity index (χ2n) is 4.80. The minimum absolute atomic E-state index is 0.324. The number of hydrogen-bond donors (Lipinski definition) is 1. The van der Waals surface area contributed by atoms with Crippen molar-refractivity contribution in [1.82, 2.24) is 9.97 Å². The van der Waals surface area contributed by atoms with E-state index in [1.165, 1.54) is 12.1 Å². The van der Waals surface area contributed by atoms with Gasteiger partial charge in [-0.1, -0.05) is 17.7 Å². The molecule has 0 radical (unpaired) electrons. The third-order valence-electron chi connectivity index (χ3n) is 3.29. The van der Waals surface area contributed by atoms with Crippen LogP contribution >= 0.6 is 11.6 Å². The first kappa shape index (κ1) is 16.0. The van der Waals surface area contributed by atoms with E-state index in [-0.39, 0.29) is 0 Å². The zero-order valence-electron chi connectivity index (χ0n) is 12.4. The van der Waals surface area contributed by atoms with Crippen LogP contribution in [0.4, 0.5) is 10.2 Å². The molecular weight excluding hydrogens is 331 g/mol. The summed E-state index contributed by atoms with van der Waals surface area (Å²) in [5, 5.41) is 0.433. The highest BCUT2D eigenvalue weighted by Crippen LogP contribution is 2.33. The molecule has 3 aromatic rings. The molecule has 0 aliphatic rings. The maximum Gasteiger partial charge on any atom is 0.202 e. The van der Waals surface area contributed by atoms with Gasteiger partial charge >= 0.3 is 0 Å². The van der Waals surface area contributed by atoms with Crippen LogP contribution in [0.15, 0.2) is 59.9 Å². The van der Waals surface area contributed by atoms with E-state index < -0.39 is 5.82 Å². The Morgan fingerprint density at radius 2 is 1.96 bits per heavy atom. The molecule has 7 heteroatoms. The Morgan fingerprint density at radius 3 is 2.79 bits per heavy atom. The molecule has 5 nitrogen and oxygen atoms in total. The number of aromatic nitrogens is 2. The summed E-state index contributed by atoms with van der Waals surface area (Å²) in [7, 11) is 0. The van der Waals surface area contributed by atoms with Crippen LogP contribution in [0.5, 0.6) is 0 Å². The van der Waals surface area contributed by atoms with E-state index in [0.29, 0.717) is 22.1 Å². The molecule has 0 aliphatic carbocycles. The summed E-state index contributed by atoms with van der Waals surface area (Å²) in [6.07, 6.45) is 4.26. The molecule has 3 rings (SSSR count). The number of nitrogens with two attached hydrogens (primary N) is 1. The van der Waals surface area contributed by atoms with Crippen molar-refractivity contribution >= 4 is 23.8 Å². The maximum absolute atomic E-state index is 14.2. The Labute approximate surface area is 142 Å². The topological polar surface area (TPSA) is 73.4 Å². The van der Waals surface area contributed by atoms with Gasteiger partial charge in [0, 0.05) is 28.5 Å². The van der Waals surface area contributed by atoms with Crippen LogP contribution in [0.2, 0.25) is 5.02 Å². The molecular formula is C17H12ClFN4O. The third-order valence-corrected chi connectivity index (χ3v) is 3.53. The summed E-state index contributed by atoms with van der Waals surface area (Å²) < 4.78 is 14.2. The van der Waals surface area contributed by atoms with Gasteiger partial charge in [-0.15, -0.1) is 0 Å².